The summed E-state index contributed by atoms with van der Waals surface area (Å²) in [5.74, 6) is 3.89. The molecule has 1 saturated heterocycles. The Kier molecular flexibility index (Phi) is 5.68. The van der Waals surface area contributed by atoms with Gasteiger partial charge in [0.2, 0.25) is 0 Å². The van der Waals surface area contributed by atoms with Crippen molar-refractivity contribution >= 4 is 23.5 Å². The minimum absolute atomic E-state index is 0.585. The Bertz CT molecular complexity index is 312. The van der Waals surface area contributed by atoms with Crippen molar-refractivity contribution < 1.29 is 0 Å². The van der Waals surface area contributed by atoms with Gasteiger partial charge in [0.25, 0.3) is 0 Å². The first-order valence-corrected chi connectivity index (χ1v) is 8.42. The molecule has 1 aliphatic rings. The summed E-state index contributed by atoms with van der Waals surface area (Å²) in [6.07, 6.45) is 4.93. The molecule has 0 bridgehead atoms. The first-order chi connectivity index (χ1) is 8.40. The number of nitrogens with zero attached hydrogens (tertiary/aromatic N) is 1. The van der Waals surface area contributed by atoms with Crippen LogP contribution in [-0.2, 0) is 6.42 Å². The van der Waals surface area contributed by atoms with Gasteiger partial charge in [-0.05, 0) is 24.6 Å². The predicted molar refractivity (Wildman–Crippen MR) is 79.0 cm³/mol. The van der Waals surface area contributed by atoms with Gasteiger partial charge < -0.3 is 5.32 Å². The highest BCUT2D eigenvalue weighted by Gasteiger charge is 2.23. The summed E-state index contributed by atoms with van der Waals surface area (Å²) in [4.78, 5) is 4.20. The van der Waals surface area contributed by atoms with Crippen LogP contribution in [0.3, 0.4) is 0 Å². The summed E-state index contributed by atoms with van der Waals surface area (Å²) in [5, 5.41) is 4.38. The second-order valence-corrected chi connectivity index (χ2v) is 6.71. The average Bonchev–Trinajstić information content (AvgIpc) is 2.40. The molecule has 1 aliphatic heterocycles. The first kappa shape index (κ1) is 13.2. The van der Waals surface area contributed by atoms with Crippen LogP contribution in [0.4, 0.5) is 0 Å². The summed E-state index contributed by atoms with van der Waals surface area (Å²) >= 11 is 4.22. The molecule has 1 aromatic rings. The summed E-state index contributed by atoms with van der Waals surface area (Å²) in [7, 11) is 0. The number of thioether (sulfide) groups is 2. The Balaban J connectivity index is 1.96. The molecule has 4 heteroatoms. The monoisotopic (exact) mass is 268 g/mol. The van der Waals surface area contributed by atoms with Crippen molar-refractivity contribution in [3.63, 3.8) is 0 Å². The van der Waals surface area contributed by atoms with Crippen LogP contribution >= 0.6 is 23.5 Å². The lowest BCUT2D eigenvalue weighted by Gasteiger charge is -2.30. The van der Waals surface area contributed by atoms with Crippen LogP contribution in [0.1, 0.15) is 12.5 Å². The molecule has 1 N–H and O–H groups in total. The maximum absolute atomic E-state index is 4.20. The predicted octanol–water partition coefficient (Wildman–Crippen LogP) is 2.45. The van der Waals surface area contributed by atoms with Crippen LogP contribution in [0.2, 0.25) is 0 Å². The molecule has 0 spiro atoms. The standard InChI is InChI=1S/C13H20N2S2/c1-2-15-12(13-10-16-6-7-17-13)8-11-4-3-5-14-9-11/h3-5,9,12-13,15H,2,6-8,10H2,1H3. The van der Waals surface area contributed by atoms with E-state index in [0.29, 0.717) is 6.04 Å². The average molecular weight is 268 g/mol. The molecule has 0 aliphatic carbocycles. The lowest BCUT2D eigenvalue weighted by Crippen LogP contribution is -2.42. The van der Waals surface area contributed by atoms with Gasteiger partial charge in [-0.15, -0.1) is 0 Å². The largest absolute Gasteiger partial charge is 0.313 e. The highest BCUT2D eigenvalue weighted by molar-refractivity contribution is 8.06. The first-order valence-electron chi connectivity index (χ1n) is 6.21. The number of hydrogen-bond acceptors (Lipinski definition) is 4. The fourth-order valence-electron chi connectivity index (χ4n) is 2.11. The minimum Gasteiger partial charge on any atom is -0.313 e. The third-order valence-corrected chi connectivity index (χ3v) is 5.86. The Morgan fingerprint density at radius 3 is 3.12 bits per heavy atom. The number of hydrogen-bond donors (Lipinski definition) is 1. The van der Waals surface area contributed by atoms with Crippen LogP contribution in [-0.4, -0.2) is 40.1 Å². The zero-order chi connectivity index (χ0) is 11.9. The van der Waals surface area contributed by atoms with E-state index in [4.69, 9.17) is 0 Å². The van der Waals surface area contributed by atoms with E-state index >= 15 is 0 Å². The van der Waals surface area contributed by atoms with Gasteiger partial charge in [-0.25, -0.2) is 0 Å². The lowest BCUT2D eigenvalue weighted by atomic mass is 10.1. The molecule has 1 aromatic heterocycles. The minimum atomic E-state index is 0.585. The summed E-state index contributed by atoms with van der Waals surface area (Å²) < 4.78 is 0. The normalized spacial score (nSPS) is 22.3. The van der Waals surface area contributed by atoms with Crippen LogP contribution < -0.4 is 5.32 Å². The number of aromatic nitrogens is 1. The number of rotatable bonds is 5. The summed E-state index contributed by atoms with van der Waals surface area (Å²) in [6.45, 7) is 3.24. The molecule has 17 heavy (non-hydrogen) atoms. The van der Waals surface area contributed by atoms with E-state index in [0.717, 1.165) is 18.2 Å². The Morgan fingerprint density at radius 2 is 2.47 bits per heavy atom. The second-order valence-electron chi connectivity index (χ2n) is 4.21. The highest BCUT2D eigenvalue weighted by Crippen LogP contribution is 2.27. The van der Waals surface area contributed by atoms with Crippen LogP contribution in [0.15, 0.2) is 24.5 Å². The zero-order valence-electron chi connectivity index (χ0n) is 10.3. The van der Waals surface area contributed by atoms with E-state index in [9.17, 15) is 0 Å². The quantitative estimate of drug-likeness (QED) is 0.887. The van der Waals surface area contributed by atoms with Crippen molar-refractivity contribution in [2.24, 2.45) is 0 Å². The molecular formula is C13H20N2S2. The van der Waals surface area contributed by atoms with Crippen molar-refractivity contribution in [3.05, 3.63) is 30.1 Å². The molecular weight excluding hydrogens is 248 g/mol. The lowest BCUT2D eigenvalue weighted by molar-refractivity contribution is 0.522. The number of likely N-dealkylation sites (N-methyl/N-ethyl adjacent to an activating group) is 1. The maximum Gasteiger partial charge on any atom is 0.0300 e. The van der Waals surface area contributed by atoms with E-state index < -0.39 is 0 Å². The van der Waals surface area contributed by atoms with Gasteiger partial charge in [0, 0.05) is 40.9 Å². The van der Waals surface area contributed by atoms with Crippen molar-refractivity contribution in [1.29, 1.82) is 0 Å². The van der Waals surface area contributed by atoms with E-state index in [-0.39, 0.29) is 0 Å². The molecule has 1 fully saturated rings. The van der Waals surface area contributed by atoms with Crippen LogP contribution in [0.5, 0.6) is 0 Å². The molecule has 2 nitrogen and oxygen atoms in total. The SMILES string of the molecule is CCNC(Cc1cccnc1)C1CSCCS1. The molecule has 2 atom stereocenters. The van der Waals surface area contributed by atoms with Gasteiger partial charge in [0.1, 0.15) is 0 Å². The number of pyridine rings is 1. The fraction of sp³-hybridized carbons (Fsp3) is 0.615. The smallest absolute Gasteiger partial charge is 0.0300 e. The van der Waals surface area contributed by atoms with Crippen molar-refractivity contribution in [2.45, 2.75) is 24.6 Å². The van der Waals surface area contributed by atoms with Gasteiger partial charge in [-0.2, -0.15) is 23.5 Å². The van der Waals surface area contributed by atoms with Gasteiger partial charge >= 0.3 is 0 Å². The van der Waals surface area contributed by atoms with E-state index in [1.165, 1.54) is 22.8 Å². The van der Waals surface area contributed by atoms with E-state index in [2.05, 4.69) is 46.8 Å². The fourth-order valence-corrected chi connectivity index (χ4v) is 5.00. The topological polar surface area (TPSA) is 24.9 Å². The van der Waals surface area contributed by atoms with E-state index in [1.54, 1.807) is 0 Å². The van der Waals surface area contributed by atoms with Crippen molar-refractivity contribution in [3.8, 4) is 0 Å². The van der Waals surface area contributed by atoms with Crippen LogP contribution in [0.25, 0.3) is 0 Å². The molecule has 2 unspecified atom stereocenters. The summed E-state index contributed by atoms with van der Waals surface area (Å²) in [6, 6.07) is 4.79. The van der Waals surface area contributed by atoms with Gasteiger partial charge in [0.05, 0.1) is 0 Å². The molecule has 0 saturated carbocycles. The molecule has 0 radical (unpaired) electrons. The van der Waals surface area contributed by atoms with E-state index in [1.807, 2.05) is 18.5 Å². The zero-order valence-corrected chi connectivity index (χ0v) is 11.9. The second kappa shape index (κ2) is 7.29. The molecule has 0 aromatic carbocycles. The van der Waals surface area contributed by atoms with Crippen molar-refractivity contribution in [2.75, 3.05) is 23.8 Å². The van der Waals surface area contributed by atoms with Crippen molar-refractivity contribution in [1.82, 2.24) is 10.3 Å². The maximum atomic E-state index is 4.20. The molecule has 0 amide bonds. The Hall–Kier alpha value is -0.190. The molecule has 2 rings (SSSR count). The Labute approximate surface area is 112 Å². The van der Waals surface area contributed by atoms with Crippen LogP contribution in [0, 0.1) is 0 Å². The highest BCUT2D eigenvalue weighted by atomic mass is 32.2. The van der Waals surface area contributed by atoms with Gasteiger partial charge in [0.15, 0.2) is 0 Å². The third kappa shape index (κ3) is 4.19. The third-order valence-electron chi connectivity index (χ3n) is 2.94. The summed E-state index contributed by atoms with van der Waals surface area (Å²) in [5.41, 5.74) is 1.34. The Morgan fingerprint density at radius 1 is 1.53 bits per heavy atom. The van der Waals surface area contributed by atoms with Gasteiger partial charge in [-0.3, -0.25) is 4.98 Å². The molecule has 94 valence electrons. The number of nitrogens with one attached hydrogen (secondary N) is 1. The van der Waals surface area contributed by atoms with Gasteiger partial charge in [-0.1, -0.05) is 13.0 Å². The molecule has 2 heterocycles.